The van der Waals surface area contributed by atoms with Crippen LogP contribution in [0.3, 0.4) is 0 Å². The second-order valence-corrected chi connectivity index (χ2v) is 9.70. The molecule has 5 aromatic rings. The van der Waals surface area contributed by atoms with Gasteiger partial charge in [0.1, 0.15) is 5.82 Å². The maximum atomic E-state index is 13.4. The number of aromatic amines is 1. The summed E-state index contributed by atoms with van der Waals surface area (Å²) in [5.74, 6) is 0.438. The SMILES string of the molecule is Cc1ccc2c(c1)CCc1cnc(-n3ncc(C(=O)c4nc5c(C)c(C)c(C)c(C)c5[nH]4)c3N)nc1-2. The molecule has 6 rings (SSSR count). The maximum absolute atomic E-state index is 13.4. The number of H-pyrrole nitrogens is 1. The number of ketones is 1. The molecule has 0 atom stereocenters. The zero-order valence-corrected chi connectivity index (χ0v) is 21.0. The van der Waals surface area contributed by atoms with E-state index < -0.39 is 0 Å². The lowest BCUT2D eigenvalue weighted by Crippen LogP contribution is -2.13. The molecule has 3 N–H and O–H groups in total. The number of anilines is 1. The fraction of sp³-hybridized carbons (Fsp3) is 0.250. The number of nitrogen functional groups attached to an aromatic ring is 1. The van der Waals surface area contributed by atoms with Gasteiger partial charge >= 0.3 is 0 Å². The topological polar surface area (TPSA) is 115 Å². The fourth-order valence-corrected chi connectivity index (χ4v) is 5.12. The van der Waals surface area contributed by atoms with Gasteiger partial charge in [-0.15, -0.1) is 0 Å². The molecule has 36 heavy (non-hydrogen) atoms. The Morgan fingerprint density at radius 1 is 0.944 bits per heavy atom. The summed E-state index contributed by atoms with van der Waals surface area (Å²) in [6.07, 6.45) is 5.14. The molecule has 0 radical (unpaired) electrons. The molecule has 3 aromatic heterocycles. The monoisotopic (exact) mass is 477 g/mol. The van der Waals surface area contributed by atoms with Crippen LogP contribution in [-0.4, -0.2) is 35.5 Å². The summed E-state index contributed by atoms with van der Waals surface area (Å²) in [5.41, 5.74) is 18.5. The number of hydrogen-bond acceptors (Lipinski definition) is 6. The second-order valence-electron chi connectivity index (χ2n) is 9.70. The first-order valence-electron chi connectivity index (χ1n) is 12.0. The molecule has 180 valence electrons. The van der Waals surface area contributed by atoms with Crippen LogP contribution in [0.25, 0.3) is 28.2 Å². The molecule has 1 aliphatic rings. The highest BCUT2D eigenvalue weighted by atomic mass is 16.1. The number of nitrogens with one attached hydrogen (secondary N) is 1. The van der Waals surface area contributed by atoms with Gasteiger partial charge in [0.05, 0.1) is 28.5 Å². The largest absolute Gasteiger partial charge is 0.383 e. The highest BCUT2D eigenvalue weighted by Crippen LogP contribution is 2.33. The summed E-state index contributed by atoms with van der Waals surface area (Å²) in [5, 5.41) is 4.37. The third kappa shape index (κ3) is 3.17. The first-order valence-corrected chi connectivity index (χ1v) is 12.0. The van der Waals surface area contributed by atoms with E-state index in [1.807, 2.05) is 20.0 Å². The van der Waals surface area contributed by atoms with E-state index in [-0.39, 0.29) is 23.0 Å². The predicted octanol–water partition coefficient (Wildman–Crippen LogP) is 4.66. The molecule has 0 amide bonds. The molecule has 3 heterocycles. The Hall–Kier alpha value is -4.33. The molecule has 8 heteroatoms. The van der Waals surface area contributed by atoms with Gasteiger partial charge in [0.2, 0.25) is 5.78 Å². The Morgan fingerprint density at radius 3 is 2.50 bits per heavy atom. The number of carbonyl (C=O) groups excluding carboxylic acids is 1. The van der Waals surface area contributed by atoms with E-state index in [4.69, 9.17) is 10.7 Å². The minimum Gasteiger partial charge on any atom is -0.383 e. The van der Waals surface area contributed by atoms with Crippen LogP contribution < -0.4 is 5.73 Å². The van der Waals surface area contributed by atoms with Gasteiger partial charge < -0.3 is 10.7 Å². The van der Waals surface area contributed by atoms with Crippen molar-refractivity contribution in [1.29, 1.82) is 0 Å². The highest BCUT2D eigenvalue weighted by Gasteiger charge is 2.25. The van der Waals surface area contributed by atoms with E-state index in [0.29, 0.717) is 5.95 Å². The third-order valence-electron chi connectivity index (χ3n) is 7.61. The van der Waals surface area contributed by atoms with Crippen LogP contribution in [0, 0.1) is 34.6 Å². The van der Waals surface area contributed by atoms with Crippen LogP contribution in [0.15, 0.2) is 30.6 Å². The maximum Gasteiger partial charge on any atom is 0.253 e. The summed E-state index contributed by atoms with van der Waals surface area (Å²) in [4.78, 5) is 30.6. The van der Waals surface area contributed by atoms with Crippen molar-refractivity contribution in [3.63, 3.8) is 0 Å². The van der Waals surface area contributed by atoms with Crippen LogP contribution in [-0.2, 0) is 12.8 Å². The number of imidazole rings is 1. The van der Waals surface area contributed by atoms with Crippen molar-refractivity contribution < 1.29 is 4.79 Å². The number of hydrogen-bond donors (Lipinski definition) is 2. The quantitative estimate of drug-likeness (QED) is 0.365. The van der Waals surface area contributed by atoms with Crippen molar-refractivity contribution in [3.8, 4) is 17.2 Å². The number of nitrogens with two attached hydrogens (primary N) is 1. The molecule has 2 aromatic carbocycles. The number of aryl methyl sites for hydroxylation is 5. The Bertz CT molecular complexity index is 1680. The van der Waals surface area contributed by atoms with Crippen LogP contribution in [0.2, 0.25) is 0 Å². The van der Waals surface area contributed by atoms with E-state index in [0.717, 1.165) is 51.8 Å². The van der Waals surface area contributed by atoms with Gasteiger partial charge in [-0.05, 0) is 80.8 Å². The van der Waals surface area contributed by atoms with Crippen molar-refractivity contribution in [1.82, 2.24) is 29.7 Å². The Morgan fingerprint density at radius 2 is 1.69 bits per heavy atom. The summed E-state index contributed by atoms with van der Waals surface area (Å²) < 4.78 is 1.42. The van der Waals surface area contributed by atoms with Crippen molar-refractivity contribution in [2.24, 2.45) is 0 Å². The third-order valence-corrected chi connectivity index (χ3v) is 7.61. The number of rotatable bonds is 3. The summed E-state index contributed by atoms with van der Waals surface area (Å²) in [7, 11) is 0. The minimum atomic E-state index is -0.317. The van der Waals surface area contributed by atoms with Crippen molar-refractivity contribution in [2.45, 2.75) is 47.5 Å². The molecule has 0 spiro atoms. The molecular weight excluding hydrogens is 450 g/mol. The van der Waals surface area contributed by atoms with Crippen LogP contribution in [0.4, 0.5) is 5.82 Å². The molecular formula is C28H27N7O. The lowest BCUT2D eigenvalue weighted by atomic mass is 9.89. The van der Waals surface area contributed by atoms with Crippen LogP contribution in [0.5, 0.6) is 0 Å². The zero-order chi connectivity index (χ0) is 25.3. The van der Waals surface area contributed by atoms with Gasteiger partial charge in [-0.1, -0.05) is 23.8 Å². The zero-order valence-electron chi connectivity index (χ0n) is 21.0. The van der Waals surface area contributed by atoms with Crippen LogP contribution in [0.1, 0.15) is 55.1 Å². The smallest absolute Gasteiger partial charge is 0.253 e. The summed E-state index contributed by atoms with van der Waals surface area (Å²) in [6, 6.07) is 6.41. The first kappa shape index (κ1) is 22.2. The van der Waals surface area contributed by atoms with E-state index in [9.17, 15) is 4.79 Å². The van der Waals surface area contributed by atoms with Gasteiger partial charge in [0.25, 0.3) is 5.95 Å². The van der Waals surface area contributed by atoms with Crippen molar-refractivity contribution in [2.75, 3.05) is 5.73 Å². The number of aromatic nitrogens is 6. The van der Waals surface area contributed by atoms with E-state index in [1.54, 1.807) is 0 Å². The average molecular weight is 478 g/mol. The number of carbonyl (C=O) groups is 1. The second kappa shape index (κ2) is 7.84. The van der Waals surface area contributed by atoms with Crippen LogP contribution >= 0.6 is 0 Å². The van der Waals surface area contributed by atoms with Gasteiger partial charge in [-0.2, -0.15) is 9.78 Å². The van der Waals surface area contributed by atoms with E-state index in [1.165, 1.54) is 33.1 Å². The molecule has 0 aliphatic heterocycles. The Balaban J connectivity index is 1.40. The Kier molecular flexibility index (Phi) is 4.83. The van der Waals surface area contributed by atoms with Gasteiger partial charge in [-0.25, -0.2) is 15.0 Å². The van der Waals surface area contributed by atoms with Gasteiger partial charge in [0, 0.05) is 11.8 Å². The van der Waals surface area contributed by atoms with E-state index in [2.05, 4.69) is 59.0 Å². The normalized spacial score (nSPS) is 12.6. The van der Waals surface area contributed by atoms with Gasteiger partial charge in [0.15, 0.2) is 5.82 Å². The van der Waals surface area contributed by atoms with Crippen molar-refractivity contribution >= 4 is 22.6 Å². The molecule has 0 bridgehead atoms. The fourth-order valence-electron chi connectivity index (χ4n) is 5.12. The highest BCUT2D eigenvalue weighted by molar-refractivity contribution is 6.11. The number of fused-ring (bicyclic) bond motifs is 4. The lowest BCUT2D eigenvalue weighted by molar-refractivity contribution is 0.103. The number of nitrogens with zero attached hydrogens (tertiary/aromatic N) is 5. The number of benzene rings is 2. The minimum absolute atomic E-state index is 0.182. The molecule has 0 saturated heterocycles. The van der Waals surface area contributed by atoms with Gasteiger partial charge in [-0.3, -0.25) is 4.79 Å². The standard InChI is InChI=1S/C28H27N7O/c1-13-6-9-20-18(10-13)7-8-19-11-30-28(34-24(19)20)35-26(29)21(12-31-35)25(36)27-32-22-16(4)14(2)15(3)17(5)23(22)33-27/h6,9-12H,7-8,29H2,1-5H3,(H,32,33). The lowest BCUT2D eigenvalue weighted by Gasteiger charge is -2.19. The molecule has 1 aliphatic carbocycles. The first-order chi connectivity index (χ1) is 17.2. The molecule has 0 saturated carbocycles. The average Bonchev–Trinajstić information content (AvgIpc) is 3.49. The van der Waals surface area contributed by atoms with Crippen molar-refractivity contribution in [3.05, 3.63) is 80.9 Å². The predicted molar refractivity (Wildman–Crippen MR) is 140 cm³/mol. The van der Waals surface area contributed by atoms with E-state index >= 15 is 0 Å². The Labute approximate surface area is 208 Å². The summed E-state index contributed by atoms with van der Waals surface area (Å²) in [6.45, 7) is 10.3. The molecule has 0 unspecified atom stereocenters. The molecule has 0 fully saturated rings. The summed E-state index contributed by atoms with van der Waals surface area (Å²) >= 11 is 0. The molecule has 8 nitrogen and oxygen atoms in total.